The van der Waals surface area contributed by atoms with Crippen LogP contribution < -0.4 is 15.0 Å². The summed E-state index contributed by atoms with van der Waals surface area (Å²) in [6.07, 6.45) is 6.57. The number of aliphatic imine (C=N–C) groups is 1. The van der Waals surface area contributed by atoms with Crippen LogP contribution in [-0.2, 0) is 0 Å². The first-order valence-corrected chi connectivity index (χ1v) is 12.4. The number of piperazine rings is 1. The third kappa shape index (κ3) is 6.25. The van der Waals surface area contributed by atoms with Crippen molar-refractivity contribution in [2.75, 3.05) is 85.0 Å². The van der Waals surface area contributed by atoms with Gasteiger partial charge < -0.3 is 24.8 Å². The number of nitrogens with one attached hydrogen (secondary N) is 1. The molecule has 3 heterocycles. The van der Waals surface area contributed by atoms with Gasteiger partial charge in [0.05, 0.1) is 12.8 Å². The molecule has 7 nitrogen and oxygen atoms in total. The monoisotopic (exact) mass is 570 g/mol. The topological polar surface area (TPSA) is 46.6 Å². The van der Waals surface area contributed by atoms with Crippen LogP contribution in [0.4, 0.5) is 5.69 Å². The number of hydrogen-bond donors (Lipinski definition) is 1. The molecule has 1 aromatic carbocycles. The molecule has 3 aliphatic heterocycles. The zero-order valence-corrected chi connectivity index (χ0v) is 23.1. The Kier molecular flexibility index (Phi) is 9.94. The van der Waals surface area contributed by atoms with Crippen LogP contribution in [0.1, 0.15) is 32.1 Å². The fraction of sp³-hybridized carbons (Fsp3) is 0.720. The molecule has 0 bridgehead atoms. The van der Waals surface area contributed by atoms with Crippen LogP contribution >= 0.6 is 24.0 Å². The highest BCUT2D eigenvalue weighted by Crippen LogP contribution is 2.31. The molecule has 0 spiro atoms. The minimum atomic E-state index is 0. The van der Waals surface area contributed by atoms with Gasteiger partial charge in [-0.3, -0.25) is 9.89 Å². The van der Waals surface area contributed by atoms with E-state index in [1.807, 2.05) is 19.2 Å². The molecule has 3 saturated heterocycles. The summed E-state index contributed by atoms with van der Waals surface area (Å²) >= 11 is 0. The highest BCUT2D eigenvalue weighted by Gasteiger charge is 2.40. The van der Waals surface area contributed by atoms with E-state index in [-0.39, 0.29) is 29.5 Å². The van der Waals surface area contributed by atoms with Gasteiger partial charge in [0, 0.05) is 45.3 Å². The first kappa shape index (κ1) is 26.3. The summed E-state index contributed by atoms with van der Waals surface area (Å²) in [6, 6.07) is 8.33. The lowest BCUT2D eigenvalue weighted by atomic mass is 9.84. The molecule has 0 atom stereocenters. The number of para-hydroxylation sites is 2. The van der Waals surface area contributed by atoms with Crippen molar-refractivity contribution in [3.63, 3.8) is 0 Å². The zero-order valence-electron chi connectivity index (χ0n) is 20.8. The minimum Gasteiger partial charge on any atom is -0.495 e. The standard InChI is InChI=1S/C25H42N6O.HI/c1-26-24(30-19-17-29(18-20-30)22-9-5-6-10-23(22)32-3)27-21-25(11-15-28(2)16-12-25)31-13-7-4-8-14-31;/h5-6,9-10H,4,7-8,11-21H2,1-3H3,(H,26,27);1H. The van der Waals surface area contributed by atoms with Gasteiger partial charge in [0.15, 0.2) is 5.96 Å². The Bertz CT molecular complexity index is 753. The number of hydrogen-bond acceptors (Lipinski definition) is 5. The zero-order chi connectivity index (χ0) is 22.4. The SMILES string of the molecule is CN=C(NCC1(N2CCCCC2)CCN(C)CC1)N1CCN(c2ccccc2OC)CC1.I. The highest BCUT2D eigenvalue weighted by molar-refractivity contribution is 14.0. The second-order valence-electron chi connectivity index (χ2n) is 9.62. The number of halogens is 1. The van der Waals surface area contributed by atoms with Crippen molar-refractivity contribution in [2.45, 2.75) is 37.6 Å². The molecule has 0 unspecified atom stereocenters. The lowest BCUT2D eigenvalue weighted by Crippen LogP contribution is -2.63. The van der Waals surface area contributed by atoms with Crippen molar-refractivity contribution in [3.8, 4) is 5.75 Å². The molecule has 0 aromatic heterocycles. The first-order chi connectivity index (χ1) is 15.6. The maximum Gasteiger partial charge on any atom is 0.193 e. The summed E-state index contributed by atoms with van der Waals surface area (Å²) in [4.78, 5) is 14.8. The third-order valence-corrected chi connectivity index (χ3v) is 7.74. The van der Waals surface area contributed by atoms with Crippen LogP contribution in [0.25, 0.3) is 0 Å². The van der Waals surface area contributed by atoms with Crippen LogP contribution in [0.2, 0.25) is 0 Å². The summed E-state index contributed by atoms with van der Waals surface area (Å²) in [5, 5.41) is 3.81. The molecule has 0 amide bonds. The van der Waals surface area contributed by atoms with Crippen LogP contribution in [-0.4, -0.2) is 106 Å². The lowest BCUT2D eigenvalue weighted by Gasteiger charge is -2.50. The Labute approximate surface area is 217 Å². The van der Waals surface area contributed by atoms with Gasteiger partial charge in [-0.05, 0) is 71.0 Å². The molecule has 1 aromatic rings. The van der Waals surface area contributed by atoms with Gasteiger partial charge in [-0.25, -0.2) is 0 Å². The normalized spacial score (nSPS) is 22.6. The van der Waals surface area contributed by atoms with Crippen LogP contribution in [0.15, 0.2) is 29.3 Å². The molecule has 1 N–H and O–H groups in total. The number of nitrogens with zero attached hydrogens (tertiary/aromatic N) is 5. The van der Waals surface area contributed by atoms with Crippen molar-refractivity contribution < 1.29 is 4.74 Å². The fourth-order valence-corrected chi connectivity index (χ4v) is 5.63. The summed E-state index contributed by atoms with van der Waals surface area (Å²) in [5.74, 6) is 2.01. The average Bonchev–Trinajstić information content (AvgIpc) is 2.86. The van der Waals surface area contributed by atoms with Crippen molar-refractivity contribution in [1.29, 1.82) is 0 Å². The van der Waals surface area contributed by atoms with E-state index < -0.39 is 0 Å². The van der Waals surface area contributed by atoms with Gasteiger partial charge in [-0.15, -0.1) is 24.0 Å². The molecule has 33 heavy (non-hydrogen) atoms. The van der Waals surface area contributed by atoms with E-state index in [4.69, 9.17) is 4.74 Å². The molecule has 3 aliphatic rings. The molecule has 4 rings (SSSR count). The van der Waals surface area contributed by atoms with E-state index in [2.05, 4.69) is 49.1 Å². The maximum atomic E-state index is 5.58. The Morgan fingerprint density at radius 1 is 0.970 bits per heavy atom. The number of guanidine groups is 1. The van der Waals surface area contributed by atoms with Gasteiger partial charge in [0.2, 0.25) is 0 Å². The largest absolute Gasteiger partial charge is 0.495 e. The number of likely N-dealkylation sites (tertiary alicyclic amines) is 2. The molecule has 3 fully saturated rings. The summed E-state index contributed by atoms with van der Waals surface area (Å²) in [7, 11) is 5.94. The summed E-state index contributed by atoms with van der Waals surface area (Å²) < 4.78 is 5.58. The number of benzene rings is 1. The quantitative estimate of drug-likeness (QED) is 0.334. The Hall–Kier alpha value is -1.26. The summed E-state index contributed by atoms with van der Waals surface area (Å²) in [5.41, 5.74) is 1.45. The smallest absolute Gasteiger partial charge is 0.193 e. The molecule has 8 heteroatoms. The van der Waals surface area contributed by atoms with Crippen LogP contribution in [0.5, 0.6) is 5.75 Å². The molecular formula is C25H43IN6O. The van der Waals surface area contributed by atoms with E-state index in [1.54, 1.807) is 7.11 Å². The number of ether oxygens (including phenoxy) is 1. The van der Waals surface area contributed by atoms with Gasteiger partial charge >= 0.3 is 0 Å². The molecule has 0 saturated carbocycles. The number of piperidine rings is 2. The third-order valence-electron chi connectivity index (χ3n) is 7.74. The van der Waals surface area contributed by atoms with E-state index in [0.717, 1.165) is 44.4 Å². The van der Waals surface area contributed by atoms with Crippen LogP contribution in [0, 0.1) is 0 Å². The second kappa shape index (κ2) is 12.4. The number of anilines is 1. The van der Waals surface area contributed by atoms with Gasteiger partial charge in [-0.1, -0.05) is 18.6 Å². The van der Waals surface area contributed by atoms with Crippen molar-refractivity contribution >= 4 is 35.6 Å². The van der Waals surface area contributed by atoms with Crippen LogP contribution in [0.3, 0.4) is 0 Å². The molecule has 186 valence electrons. The predicted molar refractivity (Wildman–Crippen MR) is 148 cm³/mol. The van der Waals surface area contributed by atoms with Gasteiger partial charge in [-0.2, -0.15) is 0 Å². The number of rotatable bonds is 5. The summed E-state index contributed by atoms with van der Waals surface area (Å²) in [6.45, 7) is 9.77. The van der Waals surface area contributed by atoms with Crippen molar-refractivity contribution in [1.82, 2.24) is 20.0 Å². The van der Waals surface area contributed by atoms with Crippen molar-refractivity contribution in [2.24, 2.45) is 4.99 Å². The van der Waals surface area contributed by atoms with Crippen molar-refractivity contribution in [3.05, 3.63) is 24.3 Å². The van der Waals surface area contributed by atoms with E-state index in [1.165, 1.54) is 64.0 Å². The Morgan fingerprint density at radius 3 is 2.27 bits per heavy atom. The first-order valence-electron chi connectivity index (χ1n) is 12.4. The average molecular weight is 571 g/mol. The maximum absolute atomic E-state index is 5.58. The van der Waals surface area contributed by atoms with E-state index in [9.17, 15) is 0 Å². The van der Waals surface area contributed by atoms with E-state index >= 15 is 0 Å². The predicted octanol–water partition coefficient (Wildman–Crippen LogP) is 2.96. The fourth-order valence-electron chi connectivity index (χ4n) is 5.63. The van der Waals surface area contributed by atoms with E-state index in [0.29, 0.717) is 0 Å². The minimum absolute atomic E-state index is 0. The second-order valence-corrected chi connectivity index (χ2v) is 9.62. The number of methoxy groups -OCH3 is 1. The Morgan fingerprint density at radius 2 is 1.64 bits per heavy atom. The van der Waals surface area contributed by atoms with Gasteiger partial charge in [0.25, 0.3) is 0 Å². The van der Waals surface area contributed by atoms with Gasteiger partial charge in [0.1, 0.15) is 5.75 Å². The molecule has 0 aliphatic carbocycles. The Balaban J connectivity index is 0.00000306. The lowest BCUT2D eigenvalue weighted by molar-refractivity contribution is 0.0169. The molecular weight excluding hydrogens is 527 g/mol. The highest BCUT2D eigenvalue weighted by atomic mass is 127. The molecule has 0 radical (unpaired) electrons.